The summed E-state index contributed by atoms with van der Waals surface area (Å²) in [6, 6.07) is 14.8. The first kappa shape index (κ1) is 20.8. The molecule has 148 valence electrons. The summed E-state index contributed by atoms with van der Waals surface area (Å²) in [6.45, 7) is 5.87. The average molecular weight is 425 g/mol. The predicted molar refractivity (Wildman–Crippen MR) is 122 cm³/mol. The van der Waals surface area contributed by atoms with Gasteiger partial charge >= 0.3 is 0 Å². The second-order valence-corrected chi connectivity index (χ2v) is 8.00. The highest BCUT2D eigenvalue weighted by molar-refractivity contribution is 8.26. The third-order valence-corrected chi connectivity index (χ3v) is 5.46. The number of hydrogen-bond acceptors (Lipinski definition) is 5. The maximum atomic E-state index is 12.5. The predicted octanol–water partition coefficient (Wildman–Crippen LogP) is 4.40. The number of thioether (sulfide) groups is 1. The Balaban J connectivity index is 1.68. The fourth-order valence-electron chi connectivity index (χ4n) is 2.64. The van der Waals surface area contributed by atoms with Crippen molar-refractivity contribution >= 4 is 51.9 Å². The SMILES string of the molecule is C=CCN1C(=O)/C(=C/c2ccccc2OCC(=O)Nc2ccc(C)cc2)SC1=S. The van der Waals surface area contributed by atoms with Crippen LogP contribution in [0.1, 0.15) is 11.1 Å². The minimum atomic E-state index is -0.263. The summed E-state index contributed by atoms with van der Waals surface area (Å²) in [6.07, 6.45) is 3.37. The van der Waals surface area contributed by atoms with Crippen LogP contribution in [0.15, 0.2) is 66.1 Å². The van der Waals surface area contributed by atoms with E-state index in [0.29, 0.717) is 32.8 Å². The normalized spacial score (nSPS) is 14.9. The third kappa shape index (κ3) is 5.34. The highest BCUT2D eigenvalue weighted by Gasteiger charge is 2.31. The van der Waals surface area contributed by atoms with E-state index in [4.69, 9.17) is 17.0 Å². The largest absolute Gasteiger partial charge is 0.483 e. The van der Waals surface area contributed by atoms with Gasteiger partial charge in [0.05, 0.1) is 4.91 Å². The first-order chi connectivity index (χ1) is 14.0. The standard InChI is InChI=1S/C22H20N2O3S2/c1-3-12-24-21(26)19(29-22(24)28)13-16-6-4-5-7-18(16)27-14-20(25)23-17-10-8-15(2)9-11-17/h3-11,13H,1,12,14H2,2H3,(H,23,25)/b19-13-. The van der Waals surface area contributed by atoms with Crippen LogP contribution in [0.3, 0.4) is 0 Å². The molecular weight excluding hydrogens is 404 g/mol. The van der Waals surface area contributed by atoms with Crippen molar-refractivity contribution in [2.24, 2.45) is 0 Å². The quantitative estimate of drug-likeness (QED) is 0.406. The van der Waals surface area contributed by atoms with E-state index in [1.54, 1.807) is 18.2 Å². The second-order valence-electron chi connectivity index (χ2n) is 6.32. The average Bonchev–Trinajstić information content (AvgIpc) is 2.97. The Hall–Kier alpha value is -2.90. The molecule has 2 aromatic rings. The van der Waals surface area contributed by atoms with Crippen molar-refractivity contribution in [1.82, 2.24) is 4.90 Å². The van der Waals surface area contributed by atoms with Gasteiger partial charge in [-0.1, -0.05) is 66.0 Å². The van der Waals surface area contributed by atoms with E-state index in [9.17, 15) is 9.59 Å². The number of aryl methyl sites for hydroxylation is 1. The fraction of sp³-hybridized carbons (Fsp3) is 0.136. The Kier molecular flexibility index (Phi) is 6.85. The number of benzene rings is 2. The first-order valence-electron chi connectivity index (χ1n) is 8.92. The fourth-order valence-corrected chi connectivity index (χ4v) is 3.90. The van der Waals surface area contributed by atoms with E-state index in [1.165, 1.54) is 16.7 Å². The molecule has 2 amide bonds. The van der Waals surface area contributed by atoms with Crippen molar-refractivity contribution in [3.63, 3.8) is 0 Å². The lowest BCUT2D eigenvalue weighted by Gasteiger charge is -2.11. The van der Waals surface area contributed by atoms with Crippen LogP contribution >= 0.6 is 24.0 Å². The molecule has 0 unspecified atom stereocenters. The third-order valence-electron chi connectivity index (χ3n) is 4.08. The molecule has 0 atom stereocenters. The Bertz CT molecular complexity index is 984. The van der Waals surface area contributed by atoms with Crippen LogP contribution in [-0.2, 0) is 9.59 Å². The molecule has 0 aliphatic carbocycles. The lowest BCUT2D eigenvalue weighted by Crippen LogP contribution is -2.27. The van der Waals surface area contributed by atoms with Crippen molar-refractivity contribution in [2.45, 2.75) is 6.92 Å². The summed E-state index contributed by atoms with van der Waals surface area (Å²) in [4.78, 5) is 26.7. The maximum absolute atomic E-state index is 12.5. The number of carbonyl (C=O) groups excluding carboxylic acids is 2. The summed E-state index contributed by atoms with van der Waals surface area (Å²) >= 11 is 6.50. The number of carbonyl (C=O) groups is 2. The number of para-hydroxylation sites is 1. The van der Waals surface area contributed by atoms with E-state index in [0.717, 1.165) is 5.56 Å². The highest BCUT2D eigenvalue weighted by atomic mass is 32.2. The van der Waals surface area contributed by atoms with Gasteiger partial charge in [-0.3, -0.25) is 14.5 Å². The molecule has 1 heterocycles. The summed E-state index contributed by atoms with van der Waals surface area (Å²) in [7, 11) is 0. The van der Waals surface area contributed by atoms with Crippen LogP contribution < -0.4 is 10.1 Å². The van der Waals surface area contributed by atoms with E-state index < -0.39 is 0 Å². The smallest absolute Gasteiger partial charge is 0.266 e. The van der Waals surface area contributed by atoms with Gasteiger partial charge in [-0.05, 0) is 31.2 Å². The number of amides is 2. The number of thiocarbonyl (C=S) groups is 1. The lowest BCUT2D eigenvalue weighted by molar-refractivity contribution is -0.121. The minimum absolute atomic E-state index is 0.143. The van der Waals surface area contributed by atoms with Gasteiger partial charge < -0.3 is 10.1 Å². The molecule has 1 aliphatic rings. The van der Waals surface area contributed by atoms with Gasteiger partial charge in [0.2, 0.25) is 0 Å². The van der Waals surface area contributed by atoms with Crippen LogP contribution in [0.2, 0.25) is 0 Å². The molecule has 7 heteroatoms. The van der Waals surface area contributed by atoms with Crippen molar-refractivity contribution in [2.75, 3.05) is 18.5 Å². The first-order valence-corrected chi connectivity index (χ1v) is 10.1. The topological polar surface area (TPSA) is 58.6 Å². The second kappa shape index (κ2) is 9.54. The molecule has 1 N–H and O–H groups in total. The van der Waals surface area contributed by atoms with Gasteiger partial charge in [0.15, 0.2) is 6.61 Å². The Morgan fingerprint density at radius 2 is 1.97 bits per heavy atom. The van der Waals surface area contributed by atoms with E-state index >= 15 is 0 Å². The summed E-state index contributed by atoms with van der Waals surface area (Å²) in [5, 5.41) is 2.79. The van der Waals surface area contributed by atoms with E-state index in [-0.39, 0.29) is 18.4 Å². The van der Waals surface area contributed by atoms with Crippen LogP contribution in [0.4, 0.5) is 5.69 Å². The van der Waals surface area contributed by atoms with Crippen molar-refractivity contribution in [1.29, 1.82) is 0 Å². The zero-order valence-electron chi connectivity index (χ0n) is 15.9. The molecule has 1 aliphatic heterocycles. The van der Waals surface area contributed by atoms with Crippen molar-refractivity contribution < 1.29 is 14.3 Å². The van der Waals surface area contributed by atoms with Gasteiger partial charge in [0.25, 0.3) is 11.8 Å². The van der Waals surface area contributed by atoms with Crippen LogP contribution in [0.25, 0.3) is 6.08 Å². The Labute approximate surface area is 179 Å². The minimum Gasteiger partial charge on any atom is -0.483 e. The van der Waals surface area contributed by atoms with Gasteiger partial charge in [-0.2, -0.15) is 0 Å². The maximum Gasteiger partial charge on any atom is 0.266 e. The monoisotopic (exact) mass is 424 g/mol. The van der Waals surface area contributed by atoms with Crippen LogP contribution in [-0.4, -0.2) is 34.2 Å². The van der Waals surface area contributed by atoms with Gasteiger partial charge in [0, 0.05) is 17.8 Å². The molecular formula is C22H20N2O3S2. The van der Waals surface area contributed by atoms with E-state index in [2.05, 4.69) is 11.9 Å². The molecule has 2 aromatic carbocycles. The van der Waals surface area contributed by atoms with Crippen molar-refractivity contribution in [3.05, 3.63) is 77.2 Å². The molecule has 3 rings (SSSR count). The van der Waals surface area contributed by atoms with Gasteiger partial charge in [-0.25, -0.2) is 0 Å². The number of nitrogens with zero attached hydrogens (tertiary/aromatic N) is 1. The molecule has 29 heavy (non-hydrogen) atoms. The van der Waals surface area contributed by atoms with Crippen molar-refractivity contribution in [3.8, 4) is 5.75 Å². The number of ether oxygens (including phenoxy) is 1. The van der Waals surface area contributed by atoms with Gasteiger partial charge in [-0.15, -0.1) is 6.58 Å². The summed E-state index contributed by atoms with van der Waals surface area (Å²) in [5.41, 5.74) is 2.53. The zero-order chi connectivity index (χ0) is 20.8. The van der Waals surface area contributed by atoms with Crippen LogP contribution in [0, 0.1) is 6.92 Å². The number of hydrogen-bond donors (Lipinski definition) is 1. The zero-order valence-corrected chi connectivity index (χ0v) is 17.5. The number of nitrogens with one attached hydrogen (secondary N) is 1. The molecule has 0 spiro atoms. The van der Waals surface area contributed by atoms with E-state index in [1.807, 2.05) is 49.4 Å². The van der Waals surface area contributed by atoms with Gasteiger partial charge in [0.1, 0.15) is 10.1 Å². The van der Waals surface area contributed by atoms with Crippen LogP contribution in [0.5, 0.6) is 5.75 Å². The summed E-state index contributed by atoms with van der Waals surface area (Å²) < 4.78 is 6.20. The molecule has 5 nitrogen and oxygen atoms in total. The molecule has 0 saturated carbocycles. The molecule has 0 aromatic heterocycles. The Morgan fingerprint density at radius 1 is 1.24 bits per heavy atom. The molecule has 0 bridgehead atoms. The molecule has 0 radical (unpaired) electrons. The number of anilines is 1. The lowest BCUT2D eigenvalue weighted by atomic mass is 10.2. The number of rotatable bonds is 7. The Morgan fingerprint density at radius 3 is 2.69 bits per heavy atom. The highest BCUT2D eigenvalue weighted by Crippen LogP contribution is 2.34. The summed E-state index contributed by atoms with van der Waals surface area (Å²) in [5.74, 6) is 0.0910. The molecule has 1 saturated heterocycles. The molecule has 1 fully saturated rings.